The number of rotatable bonds is 3. The van der Waals surface area contributed by atoms with Crippen LogP contribution in [0.25, 0.3) is 0 Å². The number of carbonyl (C=O) groups is 2. The van der Waals surface area contributed by atoms with E-state index in [1.807, 2.05) is 27.0 Å². The predicted molar refractivity (Wildman–Crippen MR) is 102 cm³/mol. The van der Waals surface area contributed by atoms with Crippen LogP contribution >= 0.6 is 0 Å². The molecular weight excluding hydrogens is 320 g/mol. The molecule has 1 amide bonds. The molecule has 1 saturated heterocycles. The number of hydrogen-bond donors (Lipinski definition) is 2. The Bertz CT molecular complexity index is 449. The molecule has 0 saturated carbocycles. The third-order valence-electron chi connectivity index (χ3n) is 3.07. The number of amides is 1. The Labute approximate surface area is 152 Å². The number of imidazole rings is 1. The first-order chi connectivity index (χ1) is 12.0. The zero-order chi connectivity index (χ0) is 19.7. The summed E-state index contributed by atoms with van der Waals surface area (Å²) < 4.78 is 4.14. The molecule has 0 bridgehead atoms. The first kappa shape index (κ1) is 25.4. The van der Waals surface area contributed by atoms with Crippen molar-refractivity contribution < 1.29 is 14.3 Å². The molecular formula is C18H36N4O3. The van der Waals surface area contributed by atoms with E-state index in [0.717, 1.165) is 11.5 Å². The molecule has 7 heteroatoms. The molecule has 0 spiro atoms. The lowest BCUT2D eigenvalue weighted by Crippen LogP contribution is -2.24. The number of likely N-dealkylation sites (tertiary alicyclic amines) is 1. The van der Waals surface area contributed by atoms with E-state index in [0.29, 0.717) is 12.3 Å². The highest BCUT2D eigenvalue weighted by atomic mass is 16.5. The minimum Gasteiger partial charge on any atom is -0.453 e. The van der Waals surface area contributed by atoms with Crippen molar-refractivity contribution >= 4 is 12.4 Å². The van der Waals surface area contributed by atoms with E-state index in [4.69, 9.17) is 0 Å². The van der Waals surface area contributed by atoms with Crippen molar-refractivity contribution in [2.75, 3.05) is 27.2 Å². The van der Waals surface area contributed by atoms with E-state index in [1.165, 1.54) is 32.9 Å². The molecule has 1 aliphatic heterocycles. The third-order valence-corrected chi connectivity index (χ3v) is 3.07. The van der Waals surface area contributed by atoms with Crippen molar-refractivity contribution in [3.8, 4) is 0 Å². The fraction of sp³-hybridized carbons (Fsp3) is 0.722. The summed E-state index contributed by atoms with van der Waals surface area (Å²) in [4.78, 5) is 29.6. The Morgan fingerprint density at radius 2 is 2.08 bits per heavy atom. The summed E-state index contributed by atoms with van der Waals surface area (Å²) in [5, 5.41) is 2.15. The van der Waals surface area contributed by atoms with Gasteiger partial charge >= 0.3 is 6.09 Å². The van der Waals surface area contributed by atoms with Crippen LogP contribution in [0.5, 0.6) is 0 Å². The van der Waals surface area contributed by atoms with Crippen LogP contribution in [-0.2, 0) is 9.53 Å². The van der Waals surface area contributed by atoms with Gasteiger partial charge in [-0.3, -0.25) is 4.90 Å². The summed E-state index contributed by atoms with van der Waals surface area (Å²) in [5.74, 6) is 1.13. The molecule has 7 nitrogen and oxygen atoms in total. The average Bonchev–Trinajstić information content (AvgIpc) is 3.23. The van der Waals surface area contributed by atoms with Crippen LogP contribution in [0.1, 0.15) is 64.5 Å². The highest BCUT2D eigenvalue weighted by Crippen LogP contribution is 2.27. The lowest BCUT2D eigenvalue weighted by Gasteiger charge is -2.16. The monoisotopic (exact) mass is 356 g/mol. The highest BCUT2D eigenvalue weighted by molar-refractivity contribution is 5.70. The second-order valence-corrected chi connectivity index (χ2v) is 5.34. The predicted octanol–water partition coefficient (Wildman–Crippen LogP) is 3.47. The molecule has 0 aromatic carbocycles. The smallest absolute Gasteiger partial charge is 0.407 e. The molecule has 146 valence electrons. The molecule has 1 aliphatic rings. The van der Waals surface area contributed by atoms with Crippen LogP contribution < -0.4 is 5.32 Å². The number of carbonyl (C=O) groups excluding carboxylic acids is 2. The van der Waals surface area contributed by atoms with E-state index in [2.05, 4.69) is 45.8 Å². The second-order valence-electron chi connectivity index (χ2n) is 5.34. The van der Waals surface area contributed by atoms with Gasteiger partial charge in [0.2, 0.25) is 0 Å². The molecule has 25 heavy (non-hydrogen) atoms. The number of alkyl carbamates (subject to hydrolysis) is 1. The van der Waals surface area contributed by atoms with Gasteiger partial charge in [0.05, 0.1) is 19.7 Å². The maximum atomic E-state index is 10.1. The summed E-state index contributed by atoms with van der Waals surface area (Å²) in [7, 11) is 3.40. The van der Waals surface area contributed by atoms with Crippen molar-refractivity contribution in [3.63, 3.8) is 0 Å². The minimum absolute atomic E-state index is 0.00662. The molecule has 2 heterocycles. The van der Waals surface area contributed by atoms with Gasteiger partial charge in [0.25, 0.3) is 0 Å². The quantitative estimate of drug-likeness (QED) is 0.810. The number of aldehydes is 1. The number of ether oxygens (including phenoxy) is 1. The summed E-state index contributed by atoms with van der Waals surface area (Å²) in [5.41, 5.74) is 1.16. The molecule has 0 radical (unpaired) electrons. The second kappa shape index (κ2) is 17.0. The van der Waals surface area contributed by atoms with Gasteiger partial charge in [-0.1, -0.05) is 34.1 Å². The summed E-state index contributed by atoms with van der Waals surface area (Å²) >= 11 is 0. The lowest BCUT2D eigenvalue weighted by atomic mass is 10.2. The normalized spacial score (nSPS) is 15.4. The van der Waals surface area contributed by atoms with Crippen molar-refractivity contribution in [3.05, 3.63) is 17.7 Å². The van der Waals surface area contributed by atoms with Crippen molar-refractivity contribution in [2.24, 2.45) is 0 Å². The van der Waals surface area contributed by atoms with Gasteiger partial charge in [-0.25, -0.2) is 9.78 Å². The molecule has 1 atom stereocenters. The van der Waals surface area contributed by atoms with Gasteiger partial charge < -0.3 is 19.8 Å². The van der Waals surface area contributed by atoms with Gasteiger partial charge in [-0.2, -0.15) is 0 Å². The van der Waals surface area contributed by atoms with Crippen LogP contribution in [0.3, 0.4) is 0 Å². The Kier molecular flexibility index (Phi) is 17.2. The van der Waals surface area contributed by atoms with Gasteiger partial charge in [0, 0.05) is 11.9 Å². The number of nitrogens with zero attached hydrogens (tertiary/aromatic N) is 2. The maximum Gasteiger partial charge on any atom is 0.407 e. The van der Waals surface area contributed by atoms with E-state index < -0.39 is 6.09 Å². The Morgan fingerprint density at radius 3 is 2.44 bits per heavy atom. The standard InChI is InChI=1S/C9H15N3.C4H7NO3.C3H8.C2H6/c1-7-6-10-9(11-7)8-4-3-5-12(8)2;1-8-4(7)5-2-3-6;1-3-2;1-2/h6,8H,3-5H2,1-2H3,(H,10,11);3H,2H2,1H3,(H,5,7);3H2,1-2H3;1-2H3. The first-order valence-corrected chi connectivity index (χ1v) is 8.97. The SMILES string of the molecule is CC.CCC.COC(=O)NCC=O.Cc1cnc(C2CCCN2C)[nH]1. The van der Waals surface area contributed by atoms with E-state index in [9.17, 15) is 9.59 Å². The topological polar surface area (TPSA) is 87.3 Å². The fourth-order valence-corrected chi connectivity index (χ4v) is 2.06. The zero-order valence-corrected chi connectivity index (χ0v) is 16.9. The molecule has 1 fully saturated rings. The molecule has 2 rings (SSSR count). The van der Waals surface area contributed by atoms with Gasteiger partial charge in [-0.15, -0.1) is 0 Å². The summed E-state index contributed by atoms with van der Waals surface area (Å²) in [6.45, 7) is 11.5. The van der Waals surface area contributed by atoms with Crippen LogP contribution in [0.4, 0.5) is 4.79 Å². The van der Waals surface area contributed by atoms with Crippen LogP contribution in [0.15, 0.2) is 6.20 Å². The van der Waals surface area contributed by atoms with Crippen molar-refractivity contribution in [1.29, 1.82) is 0 Å². The molecule has 1 unspecified atom stereocenters. The van der Waals surface area contributed by atoms with E-state index in [1.54, 1.807) is 0 Å². The lowest BCUT2D eigenvalue weighted by molar-refractivity contribution is -0.107. The van der Waals surface area contributed by atoms with Crippen LogP contribution in [0.2, 0.25) is 0 Å². The third kappa shape index (κ3) is 12.2. The minimum atomic E-state index is -0.586. The van der Waals surface area contributed by atoms with E-state index in [-0.39, 0.29) is 6.54 Å². The number of nitrogens with one attached hydrogen (secondary N) is 2. The van der Waals surface area contributed by atoms with Gasteiger partial charge in [0.1, 0.15) is 12.1 Å². The Morgan fingerprint density at radius 1 is 1.48 bits per heavy atom. The molecule has 1 aromatic rings. The number of methoxy groups -OCH3 is 1. The van der Waals surface area contributed by atoms with Crippen molar-refractivity contribution in [1.82, 2.24) is 20.2 Å². The number of H-pyrrole nitrogens is 1. The number of aromatic amines is 1. The first-order valence-electron chi connectivity index (χ1n) is 8.97. The van der Waals surface area contributed by atoms with E-state index >= 15 is 0 Å². The van der Waals surface area contributed by atoms with Gasteiger partial charge in [0.15, 0.2) is 0 Å². The largest absolute Gasteiger partial charge is 0.453 e. The van der Waals surface area contributed by atoms with Crippen LogP contribution in [0, 0.1) is 6.92 Å². The average molecular weight is 357 g/mol. The highest BCUT2D eigenvalue weighted by Gasteiger charge is 2.24. The van der Waals surface area contributed by atoms with Crippen molar-refractivity contribution in [2.45, 2.75) is 59.9 Å². The Hall–Kier alpha value is -1.89. The van der Waals surface area contributed by atoms with Crippen LogP contribution in [-0.4, -0.2) is 54.5 Å². The maximum absolute atomic E-state index is 10.1. The Balaban J connectivity index is 0. The zero-order valence-electron chi connectivity index (χ0n) is 16.9. The molecule has 2 N–H and O–H groups in total. The molecule has 0 aliphatic carbocycles. The van der Waals surface area contributed by atoms with Gasteiger partial charge in [-0.05, 0) is 33.4 Å². The summed E-state index contributed by atoms with van der Waals surface area (Å²) in [6, 6.07) is 0.527. The fourth-order valence-electron chi connectivity index (χ4n) is 2.06. The summed E-state index contributed by atoms with van der Waals surface area (Å²) in [6.07, 6.45) is 5.68. The number of hydrogen-bond acceptors (Lipinski definition) is 5. The number of aryl methyl sites for hydroxylation is 1. The molecule has 1 aromatic heterocycles. The number of aromatic nitrogens is 2.